The fourth-order valence-electron chi connectivity index (χ4n) is 2.49. The standard InChI is InChI=1S/C18H18BrN5O3S3/c1-3-24(4-2)30(26,27)14-8-5-12(6-9-14)16(25)21-18-23-22-17(29-18)20-11-13-7-10-15(19)28-13/h5-11H,3-4H2,1-2H3,(H,21,23,25). The summed E-state index contributed by atoms with van der Waals surface area (Å²) in [5.74, 6) is -0.407. The van der Waals surface area contributed by atoms with Gasteiger partial charge >= 0.3 is 0 Å². The average molecular weight is 528 g/mol. The number of hydrogen-bond acceptors (Lipinski definition) is 8. The molecule has 3 rings (SSSR count). The minimum Gasteiger partial charge on any atom is -0.296 e. The van der Waals surface area contributed by atoms with Gasteiger partial charge in [-0.2, -0.15) is 4.31 Å². The number of sulfonamides is 1. The normalized spacial score (nSPS) is 12.0. The van der Waals surface area contributed by atoms with E-state index in [0.29, 0.717) is 28.9 Å². The molecule has 0 atom stereocenters. The van der Waals surface area contributed by atoms with Crippen LogP contribution in [0.2, 0.25) is 0 Å². The van der Waals surface area contributed by atoms with Gasteiger partial charge in [-0.1, -0.05) is 25.2 Å². The van der Waals surface area contributed by atoms with Gasteiger partial charge in [0.25, 0.3) is 5.91 Å². The summed E-state index contributed by atoms with van der Waals surface area (Å²) < 4.78 is 27.4. The van der Waals surface area contributed by atoms with Crippen LogP contribution in [0.3, 0.4) is 0 Å². The molecule has 3 aromatic rings. The molecule has 0 aliphatic carbocycles. The van der Waals surface area contributed by atoms with Crippen LogP contribution in [0.1, 0.15) is 29.1 Å². The highest BCUT2D eigenvalue weighted by molar-refractivity contribution is 9.11. The Morgan fingerprint density at radius 2 is 1.83 bits per heavy atom. The van der Waals surface area contributed by atoms with Crippen LogP contribution in [0.15, 0.2) is 50.1 Å². The van der Waals surface area contributed by atoms with E-state index in [4.69, 9.17) is 0 Å². The van der Waals surface area contributed by atoms with Gasteiger partial charge in [0, 0.05) is 29.7 Å². The van der Waals surface area contributed by atoms with Crippen molar-refractivity contribution in [2.45, 2.75) is 18.7 Å². The smallest absolute Gasteiger partial charge is 0.257 e. The van der Waals surface area contributed by atoms with Gasteiger partial charge in [-0.05, 0) is 52.3 Å². The lowest BCUT2D eigenvalue weighted by Crippen LogP contribution is -2.30. The van der Waals surface area contributed by atoms with Gasteiger partial charge in [0.1, 0.15) is 0 Å². The fourth-order valence-corrected chi connectivity index (χ4v) is 5.83. The Balaban J connectivity index is 1.66. The van der Waals surface area contributed by atoms with Crippen LogP contribution < -0.4 is 5.32 Å². The molecule has 0 radical (unpaired) electrons. The van der Waals surface area contributed by atoms with Gasteiger partial charge in [0.15, 0.2) is 0 Å². The Kier molecular flexibility index (Phi) is 7.47. The summed E-state index contributed by atoms with van der Waals surface area (Å²) >= 11 is 6.06. The van der Waals surface area contributed by atoms with Crippen molar-refractivity contribution in [2.24, 2.45) is 4.99 Å². The van der Waals surface area contributed by atoms with Crippen molar-refractivity contribution in [3.8, 4) is 0 Å². The predicted molar refractivity (Wildman–Crippen MR) is 124 cm³/mol. The van der Waals surface area contributed by atoms with Crippen LogP contribution in [0.4, 0.5) is 10.3 Å². The number of benzene rings is 1. The molecule has 158 valence electrons. The highest BCUT2D eigenvalue weighted by atomic mass is 79.9. The Hall–Kier alpha value is -1.99. The minimum absolute atomic E-state index is 0.149. The van der Waals surface area contributed by atoms with Crippen LogP contribution in [0.25, 0.3) is 0 Å². The van der Waals surface area contributed by atoms with Gasteiger partial charge < -0.3 is 0 Å². The summed E-state index contributed by atoms with van der Waals surface area (Å²) in [7, 11) is -3.56. The number of rotatable bonds is 8. The largest absolute Gasteiger partial charge is 0.296 e. The van der Waals surface area contributed by atoms with Gasteiger partial charge in [0.2, 0.25) is 20.3 Å². The van der Waals surface area contributed by atoms with E-state index in [1.54, 1.807) is 20.1 Å². The average Bonchev–Trinajstić information content (AvgIpc) is 3.35. The maximum absolute atomic E-state index is 12.5. The predicted octanol–water partition coefficient (Wildman–Crippen LogP) is 4.40. The molecule has 0 saturated heterocycles. The molecule has 0 aliphatic rings. The van der Waals surface area contributed by atoms with E-state index in [1.165, 1.54) is 39.9 Å². The number of amides is 1. The number of nitrogens with zero attached hydrogens (tertiary/aromatic N) is 4. The Morgan fingerprint density at radius 3 is 2.43 bits per heavy atom. The second-order valence-electron chi connectivity index (χ2n) is 5.86. The van der Waals surface area contributed by atoms with Gasteiger partial charge in [-0.25, -0.2) is 13.4 Å². The van der Waals surface area contributed by atoms with Crippen molar-refractivity contribution >= 4 is 71.0 Å². The molecule has 0 fully saturated rings. The molecule has 0 aliphatic heterocycles. The number of aromatic nitrogens is 2. The zero-order valence-electron chi connectivity index (χ0n) is 16.1. The van der Waals surface area contributed by atoms with E-state index in [-0.39, 0.29) is 4.90 Å². The number of nitrogens with one attached hydrogen (secondary N) is 1. The lowest BCUT2D eigenvalue weighted by molar-refractivity contribution is 0.102. The number of aliphatic imine (C=N–C) groups is 1. The first kappa shape index (κ1) is 22.7. The zero-order chi connectivity index (χ0) is 21.7. The molecule has 0 bridgehead atoms. The van der Waals surface area contributed by atoms with Crippen LogP contribution in [0.5, 0.6) is 0 Å². The Labute approximate surface area is 190 Å². The van der Waals surface area contributed by atoms with Crippen LogP contribution >= 0.6 is 38.6 Å². The van der Waals surface area contributed by atoms with Crippen molar-refractivity contribution < 1.29 is 13.2 Å². The second kappa shape index (κ2) is 9.88. The number of halogens is 1. The van der Waals surface area contributed by atoms with Gasteiger partial charge in [-0.3, -0.25) is 10.1 Å². The molecule has 12 heteroatoms. The summed E-state index contributed by atoms with van der Waals surface area (Å²) in [5, 5.41) is 11.2. The van der Waals surface area contributed by atoms with Crippen molar-refractivity contribution in [3.63, 3.8) is 0 Å². The number of anilines is 1. The Bertz CT molecular complexity index is 1150. The van der Waals surface area contributed by atoms with E-state index in [1.807, 2.05) is 12.1 Å². The first-order valence-electron chi connectivity index (χ1n) is 8.88. The highest BCUT2D eigenvalue weighted by Crippen LogP contribution is 2.25. The van der Waals surface area contributed by atoms with Crippen LogP contribution in [0, 0.1) is 0 Å². The highest BCUT2D eigenvalue weighted by Gasteiger charge is 2.21. The monoisotopic (exact) mass is 527 g/mol. The van der Waals surface area contributed by atoms with Crippen molar-refractivity contribution in [2.75, 3.05) is 18.4 Å². The third kappa shape index (κ3) is 5.38. The Morgan fingerprint density at radius 1 is 1.13 bits per heavy atom. The molecule has 0 spiro atoms. The number of carbonyl (C=O) groups excluding carboxylic acids is 1. The quantitative estimate of drug-likeness (QED) is 0.437. The van der Waals surface area contributed by atoms with E-state index in [0.717, 1.165) is 20.0 Å². The third-order valence-corrected chi connectivity index (χ3v) is 8.36. The maximum atomic E-state index is 12.5. The molecular formula is C18H18BrN5O3S3. The first-order valence-corrected chi connectivity index (χ1v) is 12.7. The SMILES string of the molecule is CCN(CC)S(=O)(=O)c1ccc(C(=O)Nc2nnc(N=Cc3ccc(Br)s3)s2)cc1. The molecule has 1 amide bonds. The molecule has 1 N–H and O–H groups in total. The fraction of sp³-hybridized carbons (Fsp3) is 0.222. The number of hydrogen-bond donors (Lipinski definition) is 1. The lowest BCUT2D eigenvalue weighted by atomic mass is 10.2. The summed E-state index contributed by atoms with van der Waals surface area (Å²) in [6.45, 7) is 4.32. The molecule has 1 aromatic carbocycles. The zero-order valence-corrected chi connectivity index (χ0v) is 20.1. The molecule has 2 heterocycles. The van der Waals surface area contributed by atoms with Crippen molar-refractivity contribution in [3.05, 3.63) is 50.6 Å². The molecule has 0 saturated carbocycles. The van der Waals surface area contributed by atoms with Crippen molar-refractivity contribution in [1.82, 2.24) is 14.5 Å². The molecule has 2 aromatic heterocycles. The van der Waals surface area contributed by atoms with E-state index in [2.05, 4.69) is 36.4 Å². The molecule has 8 nitrogen and oxygen atoms in total. The minimum atomic E-state index is -3.56. The number of thiophene rings is 1. The second-order valence-corrected chi connectivity index (χ2v) is 11.2. The van der Waals surface area contributed by atoms with E-state index in [9.17, 15) is 13.2 Å². The lowest BCUT2D eigenvalue weighted by Gasteiger charge is -2.18. The van der Waals surface area contributed by atoms with E-state index >= 15 is 0 Å². The molecular weight excluding hydrogens is 510 g/mol. The maximum Gasteiger partial charge on any atom is 0.257 e. The topological polar surface area (TPSA) is 105 Å². The van der Waals surface area contributed by atoms with Gasteiger partial charge in [-0.15, -0.1) is 21.5 Å². The molecule has 0 unspecified atom stereocenters. The summed E-state index contributed by atoms with van der Waals surface area (Å²) in [5.41, 5.74) is 0.317. The number of carbonyl (C=O) groups is 1. The van der Waals surface area contributed by atoms with Crippen LogP contribution in [-0.4, -0.2) is 48.1 Å². The van der Waals surface area contributed by atoms with Crippen LogP contribution in [-0.2, 0) is 10.0 Å². The van der Waals surface area contributed by atoms with Crippen molar-refractivity contribution in [1.29, 1.82) is 0 Å². The summed E-state index contributed by atoms with van der Waals surface area (Å²) in [6, 6.07) is 9.65. The first-order chi connectivity index (χ1) is 14.3. The van der Waals surface area contributed by atoms with Gasteiger partial charge in [0.05, 0.1) is 8.68 Å². The van der Waals surface area contributed by atoms with E-state index < -0.39 is 15.9 Å². The summed E-state index contributed by atoms with van der Waals surface area (Å²) in [4.78, 5) is 17.8. The summed E-state index contributed by atoms with van der Waals surface area (Å²) in [6.07, 6.45) is 1.68. The molecule has 30 heavy (non-hydrogen) atoms. The third-order valence-electron chi connectivity index (χ3n) is 3.99.